The maximum atomic E-state index is 12.0. The summed E-state index contributed by atoms with van der Waals surface area (Å²) < 4.78 is 5.26. The fraction of sp³-hybridized carbons (Fsp3) is 0.765. The van der Waals surface area contributed by atoms with Crippen molar-refractivity contribution in [3.05, 3.63) is 12.7 Å². The average molecular weight is 311 g/mol. The summed E-state index contributed by atoms with van der Waals surface area (Å²) in [5.41, 5.74) is -0.599. The van der Waals surface area contributed by atoms with Crippen molar-refractivity contribution in [2.75, 3.05) is 0 Å². The van der Waals surface area contributed by atoms with Gasteiger partial charge in [0, 0.05) is 0 Å². The van der Waals surface area contributed by atoms with Crippen LogP contribution in [-0.2, 0) is 9.53 Å². The van der Waals surface area contributed by atoms with E-state index in [0.29, 0.717) is 0 Å². The number of allylic oxidation sites excluding steroid dienone is 1. The Labute approximate surface area is 133 Å². The van der Waals surface area contributed by atoms with Crippen LogP contribution in [0.1, 0.15) is 65.7 Å². The van der Waals surface area contributed by atoms with Gasteiger partial charge < -0.3 is 9.84 Å². The van der Waals surface area contributed by atoms with Gasteiger partial charge in [-0.15, -0.1) is 6.58 Å². The third kappa shape index (κ3) is 6.08. The number of carbonyl (C=O) groups excluding carboxylic acids is 1. The summed E-state index contributed by atoms with van der Waals surface area (Å²) in [6.07, 6.45) is 8.70. The van der Waals surface area contributed by atoms with Gasteiger partial charge in [0.15, 0.2) is 6.04 Å². The lowest BCUT2D eigenvalue weighted by Gasteiger charge is -2.20. The van der Waals surface area contributed by atoms with Crippen LogP contribution in [0, 0.1) is 0 Å². The smallest absolute Gasteiger partial charge is 0.411 e. The number of amides is 1. The van der Waals surface area contributed by atoms with Crippen LogP contribution in [0.4, 0.5) is 4.79 Å². The molecular weight excluding hydrogens is 282 g/mol. The number of carboxylic acid groups (broad SMARTS) is 1. The second kappa shape index (κ2) is 8.20. The molecule has 2 atom stereocenters. The predicted molar refractivity (Wildman–Crippen MR) is 85.8 cm³/mol. The van der Waals surface area contributed by atoms with Crippen molar-refractivity contribution in [2.24, 2.45) is 0 Å². The van der Waals surface area contributed by atoms with Crippen molar-refractivity contribution in [1.29, 1.82) is 0 Å². The number of nitrogens with zero attached hydrogens (tertiary/aromatic N) is 1. The molecule has 1 amide bonds. The number of ether oxygens (including phenoxy) is 1. The van der Waals surface area contributed by atoms with E-state index in [1.807, 2.05) is 6.08 Å². The van der Waals surface area contributed by atoms with Crippen LogP contribution in [0.5, 0.6) is 0 Å². The first-order chi connectivity index (χ1) is 10.3. The summed E-state index contributed by atoms with van der Waals surface area (Å²) in [5, 5.41) is 9.18. The van der Waals surface area contributed by atoms with E-state index in [-0.39, 0.29) is 6.04 Å². The van der Waals surface area contributed by atoms with E-state index < -0.39 is 23.7 Å². The molecular formula is C17H29NO4. The molecule has 0 saturated carbocycles. The normalized spacial score (nSPS) is 20.6. The molecule has 1 heterocycles. The Morgan fingerprint density at radius 1 is 1.18 bits per heavy atom. The molecule has 0 aromatic heterocycles. The molecule has 0 aromatic carbocycles. The van der Waals surface area contributed by atoms with Crippen molar-refractivity contribution < 1.29 is 19.4 Å². The van der Waals surface area contributed by atoms with Gasteiger partial charge in [-0.25, -0.2) is 9.59 Å². The molecule has 1 saturated heterocycles. The minimum absolute atomic E-state index is 0.208. The van der Waals surface area contributed by atoms with Crippen LogP contribution in [0.3, 0.4) is 0 Å². The minimum Gasteiger partial charge on any atom is -0.480 e. The molecule has 2 unspecified atom stereocenters. The zero-order valence-corrected chi connectivity index (χ0v) is 14.0. The van der Waals surface area contributed by atoms with E-state index in [1.54, 1.807) is 20.8 Å². The first-order valence-corrected chi connectivity index (χ1v) is 8.13. The molecule has 0 aromatic rings. The summed E-state index contributed by atoms with van der Waals surface area (Å²) in [6.45, 7) is 9.04. The SMILES string of the molecule is C=CCCCCCCCC1C(C(=O)O)N1C(=O)OC(C)(C)C. The standard InChI is InChI=1S/C17H29NO4/c1-5-6-7-8-9-10-11-12-13-14(15(19)20)18(13)16(21)22-17(2,3)4/h5,13-14H,1,6-12H2,2-4H3,(H,19,20). The quantitative estimate of drug-likeness (QED) is 0.397. The third-order valence-electron chi connectivity index (χ3n) is 3.70. The molecule has 5 heteroatoms. The van der Waals surface area contributed by atoms with E-state index in [4.69, 9.17) is 4.74 Å². The fourth-order valence-corrected chi connectivity index (χ4v) is 2.60. The highest BCUT2D eigenvalue weighted by Gasteiger charge is 2.56. The minimum atomic E-state index is -0.943. The number of unbranched alkanes of at least 4 members (excludes halogenated alkanes) is 5. The summed E-state index contributed by atoms with van der Waals surface area (Å²) in [4.78, 5) is 24.5. The molecule has 0 bridgehead atoms. The average Bonchev–Trinajstić information content (AvgIpc) is 3.10. The van der Waals surface area contributed by atoms with Crippen LogP contribution in [0.15, 0.2) is 12.7 Å². The van der Waals surface area contributed by atoms with Gasteiger partial charge in [-0.3, -0.25) is 4.90 Å². The Kier molecular flexibility index (Phi) is 6.91. The highest BCUT2D eigenvalue weighted by Crippen LogP contribution is 2.34. The van der Waals surface area contributed by atoms with Crippen LogP contribution < -0.4 is 0 Å². The van der Waals surface area contributed by atoms with E-state index in [2.05, 4.69) is 6.58 Å². The number of carbonyl (C=O) groups is 2. The first-order valence-electron chi connectivity index (χ1n) is 8.13. The highest BCUT2D eigenvalue weighted by atomic mass is 16.6. The Bertz CT molecular complexity index is 400. The summed E-state index contributed by atoms with van der Waals surface area (Å²) in [5.74, 6) is -0.943. The molecule has 5 nitrogen and oxygen atoms in total. The lowest BCUT2D eigenvalue weighted by Crippen LogP contribution is -2.29. The van der Waals surface area contributed by atoms with Crippen molar-refractivity contribution in [2.45, 2.75) is 83.4 Å². The Balaban J connectivity index is 2.31. The maximum absolute atomic E-state index is 12.0. The molecule has 0 radical (unpaired) electrons. The van der Waals surface area contributed by atoms with Crippen LogP contribution in [0.25, 0.3) is 0 Å². The lowest BCUT2D eigenvalue weighted by atomic mass is 10.1. The van der Waals surface area contributed by atoms with Gasteiger partial charge in [0.05, 0.1) is 6.04 Å². The monoisotopic (exact) mass is 311 g/mol. The van der Waals surface area contributed by atoms with Gasteiger partial charge in [0.25, 0.3) is 0 Å². The van der Waals surface area contributed by atoms with E-state index in [9.17, 15) is 14.7 Å². The van der Waals surface area contributed by atoms with Gasteiger partial charge in [-0.05, 0) is 40.0 Å². The van der Waals surface area contributed by atoms with Crippen molar-refractivity contribution in [3.8, 4) is 0 Å². The molecule has 0 spiro atoms. The fourth-order valence-electron chi connectivity index (χ4n) is 2.60. The summed E-state index contributed by atoms with van der Waals surface area (Å²) in [7, 11) is 0. The third-order valence-corrected chi connectivity index (χ3v) is 3.70. The van der Waals surface area contributed by atoms with Gasteiger partial charge in [-0.1, -0.05) is 31.8 Å². The number of hydrogen-bond donors (Lipinski definition) is 1. The van der Waals surface area contributed by atoms with Gasteiger partial charge in [0.2, 0.25) is 0 Å². The van der Waals surface area contributed by atoms with Crippen LogP contribution in [-0.4, -0.2) is 39.8 Å². The van der Waals surface area contributed by atoms with Gasteiger partial charge in [-0.2, -0.15) is 0 Å². The number of aliphatic carboxylic acids is 1. The highest BCUT2D eigenvalue weighted by molar-refractivity contribution is 5.87. The van der Waals surface area contributed by atoms with E-state index in [0.717, 1.165) is 38.5 Å². The van der Waals surface area contributed by atoms with Gasteiger partial charge >= 0.3 is 12.1 Å². The Morgan fingerprint density at radius 2 is 1.77 bits per heavy atom. The molecule has 1 N–H and O–H groups in total. The number of hydrogen-bond acceptors (Lipinski definition) is 3. The molecule has 22 heavy (non-hydrogen) atoms. The molecule has 0 aliphatic carbocycles. The lowest BCUT2D eigenvalue weighted by molar-refractivity contribution is -0.137. The zero-order chi connectivity index (χ0) is 16.8. The topological polar surface area (TPSA) is 66.6 Å². The first kappa shape index (κ1) is 18.5. The Hall–Kier alpha value is -1.52. The van der Waals surface area contributed by atoms with Crippen molar-refractivity contribution >= 4 is 12.1 Å². The van der Waals surface area contributed by atoms with Crippen LogP contribution >= 0.6 is 0 Å². The molecule has 1 rings (SSSR count). The summed E-state index contributed by atoms with van der Waals surface area (Å²) in [6, 6.07) is -0.920. The molecule has 1 fully saturated rings. The maximum Gasteiger partial charge on any atom is 0.411 e. The summed E-state index contributed by atoms with van der Waals surface area (Å²) >= 11 is 0. The van der Waals surface area contributed by atoms with Crippen LogP contribution in [0.2, 0.25) is 0 Å². The predicted octanol–water partition coefficient (Wildman–Crippen LogP) is 3.98. The number of rotatable bonds is 9. The van der Waals surface area contributed by atoms with Crippen molar-refractivity contribution in [3.63, 3.8) is 0 Å². The zero-order valence-electron chi connectivity index (χ0n) is 14.0. The van der Waals surface area contributed by atoms with E-state index in [1.165, 1.54) is 11.3 Å². The second-order valence-electron chi connectivity index (χ2n) is 6.87. The molecule has 1 aliphatic heterocycles. The van der Waals surface area contributed by atoms with E-state index >= 15 is 0 Å². The second-order valence-corrected chi connectivity index (χ2v) is 6.87. The Morgan fingerprint density at radius 3 is 2.32 bits per heavy atom. The molecule has 126 valence electrons. The number of carboxylic acids is 1. The molecule has 1 aliphatic rings. The van der Waals surface area contributed by atoms with Crippen molar-refractivity contribution in [1.82, 2.24) is 4.90 Å². The van der Waals surface area contributed by atoms with Gasteiger partial charge in [0.1, 0.15) is 5.60 Å². The largest absolute Gasteiger partial charge is 0.480 e.